The summed E-state index contributed by atoms with van der Waals surface area (Å²) in [5.41, 5.74) is 5.98. The molecule has 0 heterocycles. The predicted octanol–water partition coefficient (Wildman–Crippen LogP) is 3.56. The number of carbonyl (C=O) groups is 1. The number of halogens is 1. The van der Waals surface area contributed by atoms with Crippen LogP contribution in [0.15, 0.2) is 18.2 Å². The van der Waals surface area contributed by atoms with E-state index in [4.69, 9.17) is 5.73 Å². The van der Waals surface area contributed by atoms with Crippen LogP contribution in [0, 0.1) is 29.0 Å². The Bertz CT molecular complexity index is 543. The number of nitrogen functional groups attached to an aromatic ring is 1. The molecule has 0 unspecified atom stereocenters. The molecule has 4 saturated carbocycles. The highest BCUT2D eigenvalue weighted by Gasteiger charge is 2.54. The zero-order valence-corrected chi connectivity index (χ0v) is 12.1. The Balaban J connectivity index is 1.60. The highest BCUT2D eigenvalue weighted by Crippen LogP contribution is 2.60. The van der Waals surface area contributed by atoms with Crippen molar-refractivity contribution in [3.05, 3.63) is 24.0 Å². The number of hydrogen-bond donors (Lipinski definition) is 2. The zero-order valence-electron chi connectivity index (χ0n) is 12.1. The van der Waals surface area contributed by atoms with E-state index in [1.165, 1.54) is 25.3 Å². The number of nitrogens with two attached hydrogens (primary N) is 1. The van der Waals surface area contributed by atoms with Crippen molar-refractivity contribution in [2.24, 2.45) is 23.2 Å². The van der Waals surface area contributed by atoms with Gasteiger partial charge in [-0.05, 0) is 68.4 Å². The second-order valence-electron chi connectivity index (χ2n) is 7.36. The molecule has 0 spiro atoms. The standard InChI is InChI=1S/C17H21FN2O/c18-13-2-1-3-14(19)15(13)20-16(21)17-7-10-4-11(8-17)6-12(5-10)9-17/h1-3,10-12H,4-9,19H2,(H,20,21). The summed E-state index contributed by atoms with van der Waals surface area (Å²) in [4.78, 5) is 12.8. The summed E-state index contributed by atoms with van der Waals surface area (Å²) in [6, 6.07) is 4.52. The van der Waals surface area contributed by atoms with Crippen LogP contribution in [-0.2, 0) is 4.79 Å². The molecule has 1 aromatic carbocycles. The van der Waals surface area contributed by atoms with Gasteiger partial charge in [-0.1, -0.05) is 6.07 Å². The van der Waals surface area contributed by atoms with Crippen molar-refractivity contribution in [3.63, 3.8) is 0 Å². The van der Waals surface area contributed by atoms with Crippen LogP contribution >= 0.6 is 0 Å². The molecule has 4 bridgehead atoms. The average molecular weight is 288 g/mol. The van der Waals surface area contributed by atoms with Gasteiger partial charge in [-0.15, -0.1) is 0 Å². The first-order valence-electron chi connectivity index (χ1n) is 7.91. The Hall–Kier alpha value is -1.58. The molecule has 4 aliphatic carbocycles. The lowest BCUT2D eigenvalue weighted by Gasteiger charge is -2.55. The fourth-order valence-corrected chi connectivity index (χ4v) is 5.31. The zero-order chi connectivity index (χ0) is 14.6. The van der Waals surface area contributed by atoms with E-state index in [9.17, 15) is 9.18 Å². The summed E-state index contributed by atoms with van der Waals surface area (Å²) in [5.74, 6) is 1.62. The molecule has 4 heteroatoms. The fourth-order valence-electron chi connectivity index (χ4n) is 5.31. The molecule has 1 amide bonds. The number of benzene rings is 1. The first-order valence-corrected chi connectivity index (χ1v) is 7.91. The Kier molecular flexibility index (Phi) is 2.78. The van der Waals surface area contributed by atoms with Crippen molar-refractivity contribution >= 4 is 17.3 Å². The van der Waals surface area contributed by atoms with E-state index < -0.39 is 5.82 Å². The Labute approximate surface area is 124 Å². The molecule has 4 fully saturated rings. The highest BCUT2D eigenvalue weighted by molar-refractivity contribution is 5.98. The molecule has 0 aliphatic heterocycles. The van der Waals surface area contributed by atoms with Crippen molar-refractivity contribution in [1.29, 1.82) is 0 Å². The van der Waals surface area contributed by atoms with Gasteiger partial charge in [0.05, 0.1) is 11.1 Å². The van der Waals surface area contributed by atoms with Gasteiger partial charge in [-0.25, -0.2) is 4.39 Å². The Morgan fingerprint density at radius 3 is 2.24 bits per heavy atom. The number of para-hydroxylation sites is 1. The summed E-state index contributed by atoms with van der Waals surface area (Å²) >= 11 is 0. The van der Waals surface area contributed by atoms with Crippen LogP contribution < -0.4 is 11.1 Å². The van der Waals surface area contributed by atoms with Gasteiger partial charge >= 0.3 is 0 Å². The molecule has 0 saturated heterocycles. The van der Waals surface area contributed by atoms with Gasteiger partial charge < -0.3 is 11.1 Å². The minimum absolute atomic E-state index is 0.0154. The number of nitrogens with one attached hydrogen (secondary N) is 1. The lowest BCUT2D eigenvalue weighted by molar-refractivity contribution is -0.140. The number of hydrogen-bond acceptors (Lipinski definition) is 2. The molecule has 4 aliphatic rings. The van der Waals surface area contributed by atoms with Crippen LogP contribution in [0.5, 0.6) is 0 Å². The average Bonchev–Trinajstić information content (AvgIpc) is 2.41. The molecular formula is C17H21FN2O. The third kappa shape index (κ3) is 2.03. The summed E-state index contributed by atoms with van der Waals surface area (Å²) in [6.45, 7) is 0. The van der Waals surface area contributed by atoms with Gasteiger partial charge in [0.1, 0.15) is 11.5 Å². The fraction of sp³-hybridized carbons (Fsp3) is 0.588. The van der Waals surface area contributed by atoms with Crippen molar-refractivity contribution < 1.29 is 9.18 Å². The minimum Gasteiger partial charge on any atom is -0.397 e. The topological polar surface area (TPSA) is 55.1 Å². The van der Waals surface area contributed by atoms with E-state index in [0.29, 0.717) is 23.4 Å². The first kappa shape index (κ1) is 13.1. The lowest BCUT2D eigenvalue weighted by atomic mass is 9.49. The van der Waals surface area contributed by atoms with Crippen LogP contribution in [-0.4, -0.2) is 5.91 Å². The second kappa shape index (κ2) is 4.46. The van der Waals surface area contributed by atoms with Gasteiger partial charge in [0, 0.05) is 0 Å². The highest BCUT2D eigenvalue weighted by atomic mass is 19.1. The molecule has 3 nitrogen and oxygen atoms in total. The molecule has 112 valence electrons. The molecule has 0 aromatic heterocycles. The van der Waals surface area contributed by atoms with Gasteiger partial charge in [0.25, 0.3) is 0 Å². The van der Waals surface area contributed by atoms with Crippen LogP contribution in [0.3, 0.4) is 0 Å². The molecular weight excluding hydrogens is 267 g/mol. The molecule has 1 aromatic rings. The van der Waals surface area contributed by atoms with Crippen LogP contribution in [0.25, 0.3) is 0 Å². The second-order valence-corrected chi connectivity index (χ2v) is 7.36. The van der Waals surface area contributed by atoms with Crippen molar-refractivity contribution in [3.8, 4) is 0 Å². The monoisotopic (exact) mass is 288 g/mol. The van der Waals surface area contributed by atoms with E-state index in [2.05, 4.69) is 5.32 Å². The molecule has 3 N–H and O–H groups in total. The Morgan fingerprint density at radius 2 is 1.71 bits per heavy atom. The van der Waals surface area contributed by atoms with Crippen molar-refractivity contribution in [2.75, 3.05) is 11.1 Å². The number of carbonyl (C=O) groups excluding carboxylic acids is 1. The third-order valence-corrected chi connectivity index (χ3v) is 5.80. The lowest BCUT2D eigenvalue weighted by Crippen LogP contribution is -2.51. The maximum Gasteiger partial charge on any atom is 0.230 e. The summed E-state index contributed by atoms with van der Waals surface area (Å²) in [6.07, 6.45) is 6.77. The summed E-state index contributed by atoms with van der Waals surface area (Å²) in [7, 11) is 0. The van der Waals surface area contributed by atoms with E-state index in [0.717, 1.165) is 19.3 Å². The number of anilines is 2. The summed E-state index contributed by atoms with van der Waals surface area (Å²) < 4.78 is 13.9. The van der Waals surface area contributed by atoms with Crippen LogP contribution in [0.1, 0.15) is 38.5 Å². The molecule has 0 radical (unpaired) electrons. The molecule has 5 rings (SSSR count). The maximum absolute atomic E-state index is 13.9. The molecule has 0 atom stereocenters. The van der Waals surface area contributed by atoms with E-state index in [-0.39, 0.29) is 17.0 Å². The molecule has 21 heavy (non-hydrogen) atoms. The van der Waals surface area contributed by atoms with Crippen LogP contribution in [0.2, 0.25) is 0 Å². The van der Waals surface area contributed by atoms with E-state index >= 15 is 0 Å². The predicted molar refractivity (Wildman–Crippen MR) is 80.0 cm³/mol. The minimum atomic E-state index is -0.451. The SMILES string of the molecule is Nc1cccc(F)c1NC(=O)C12CC3CC(CC(C3)C1)C2. The maximum atomic E-state index is 13.9. The van der Waals surface area contributed by atoms with Gasteiger partial charge in [-0.2, -0.15) is 0 Å². The number of amides is 1. The van der Waals surface area contributed by atoms with Gasteiger partial charge in [0.2, 0.25) is 5.91 Å². The van der Waals surface area contributed by atoms with Crippen molar-refractivity contribution in [1.82, 2.24) is 0 Å². The smallest absolute Gasteiger partial charge is 0.230 e. The quantitative estimate of drug-likeness (QED) is 0.817. The van der Waals surface area contributed by atoms with E-state index in [1.807, 2.05) is 0 Å². The van der Waals surface area contributed by atoms with Crippen molar-refractivity contribution in [2.45, 2.75) is 38.5 Å². The normalized spacial score (nSPS) is 36.7. The van der Waals surface area contributed by atoms with Crippen LogP contribution in [0.4, 0.5) is 15.8 Å². The van der Waals surface area contributed by atoms with E-state index in [1.54, 1.807) is 12.1 Å². The Morgan fingerprint density at radius 1 is 1.14 bits per heavy atom. The first-order chi connectivity index (χ1) is 10.1. The largest absolute Gasteiger partial charge is 0.397 e. The van der Waals surface area contributed by atoms with Gasteiger partial charge in [-0.3, -0.25) is 4.79 Å². The third-order valence-electron chi connectivity index (χ3n) is 5.80. The van der Waals surface area contributed by atoms with Gasteiger partial charge in [0.15, 0.2) is 0 Å². The summed E-state index contributed by atoms with van der Waals surface area (Å²) in [5, 5.41) is 2.80. The number of rotatable bonds is 2.